The maximum absolute atomic E-state index is 12.0. The number of benzene rings is 1. The van der Waals surface area contributed by atoms with Crippen molar-refractivity contribution in [2.24, 2.45) is 0 Å². The van der Waals surface area contributed by atoms with Gasteiger partial charge in [-0.2, -0.15) is 11.8 Å². The molecule has 2 N–H and O–H groups in total. The molecule has 0 saturated carbocycles. The first-order valence-electron chi connectivity index (χ1n) is 6.18. The Hall–Kier alpha value is -1.05. The van der Waals surface area contributed by atoms with Crippen molar-refractivity contribution in [1.29, 1.82) is 0 Å². The van der Waals surface area contributed by atoms with Crippen LogP contribution in [0.1, 0.15) is 18.9 Å². The summed E-state index contributed by atoms with van der Waals surface area (Å²) in [6, 6.07) is 6.30. The van der Waals surface area contributed by atoms with Crippen LogP contribution in [0, 0.1) is 0 Å². The van der Waals surface area contributed by atoms with Gasteiger partial charge in [-0.3, -0.25) is 4.79 Å². The van der Waals surface area contributed by atoms with Crippen molar-refractivity contribution in [3.8, 4) is 0 Å². The van der Waals surface area contributed by atoms with E-state index in [1.165, 1.54) is 12.1 Å². The first kappa shape index (κ1) is 17.0. The molecule has 1 aromatic carbocycles. The lowest BCUT2D eigenvalue weighted by molar-refractivity contribution is -0.136. The summed E-state index contributed by atoms with van der Waals surface area (Å²) < 4.78 is 26.6. The van der Waals surface area contributed by atoms with Crippen molar-refractivity contribution in [3.05, 3.63) is 29.8 Å². The van der Waals surface area contributed by atoms with Gasteiger partial charge in [-0.1, -0.05) is 19.1 Å². The number of aryl methyl sites for hydroxylation is 1. The molecular weight excluding hydrogens is 298 g/mol. The standard InChI is InChI=1S/C13H19NO4S2/c1-10(19-2)9-14-20(17,18)12-6-3-11(4-7-12)5-8-13(15)16/h3-4,6-7,10,14H,5,8-9H2,1-2H3,(H,15,16). The zero-order chi connectivity index (χ0) is 15.2. The Morgan fingerprint density at radius 3 is 2.45 bits per heavy atom. The molecule has 0 saturated heterocycles. The van der Waals surface area contributed by atoms with Crippen LogP contribution in [0.2, 0.25) is 0 Å². The third-order valence-corrected chi connectivity index (χ3v) is 5.24. The number of rotatable bonds is 8. The van der Waals surface area contributed by atoms with Gasteiger partial charge in [-0.25, -0.2) is 13.1 Å². The lowest BCUT2D eigenvalue weighted by Crippen LogP contribution is -2.29. The average molecular weight is 317 g/mol. The molecule has 0 radical (unpaired) electrons. The number of carboxylic acid groups (broad SMARTS) is 1. The van der Waals surface area contributed by atoms with E-state index < -0.39 is 16.0 Å². The summed E-state index contributed by atoms with van der Waals surface area (Å²) in [5.41, 5.74) is 0.809. The smallest absolute Gasteiger partial charge is 0.303 e. The molecule has 1 aromatic rings. The Balaban J connectivity index is 2.69. The van der Waals surface area contributed by atoms with Gasteiger partial charge in [0.25, 0.3) is 0 Å². The van der Waals surface area contributed by atoms with Crippen LogP contribution in [-0.4, -0.2) is 37.5 Å². The molecule has 0 fully saturated rings. The Morgan fingerprint density at radius 1 is 1.35 bits per heavy atom. The second-order valence-corrected chi connectivity index (χ2v) is 7.48. The summed E-state index contributed by atoms with van der Waals surface area (Å²) in [6.45, 7) is 2.33. The molecule has 0 aliphatic heterocycles. The summed E-state index contributed by atoms with van der Waals surface area (Å²) >= 11 is 1.59. The number of aliphatic carboxylic acids is 1. The fraction of sp³-hybridized carbons (Fsp3) is 0.462. The van der Waals surface area contributed by atoms with Gasteiger partial charge in [0.05, 0.1) is 4.90 Å². The van der Waals surface area contributed by atoms with Crippen LogP contribution < -0.4 is 4.72 Å². The number of sulfonamides is 1. The van der Waals surface area contributed by atoms with Crippen LogP contribution in [0.3, 0.4) is 0 Å². The summed E-state index contributed by atoms with van der Waals surface area (Å²) in [4.78, 5) is 10.7. The van der Waals surface area contributed by atoms with Crippen LogP contribution in [-0.2, 0) is 21.2 Å². The van der Waals surface area contributed by atoms with E-state index in [2.05, 4.69) is 4.72 Å². The minimum Gasteiger partial charge on any atom is -0.481 e. The SMILES string of the molecule is CSC(C)CNS(=O)(=O)c1ccc(CCC(=O)O)cc1. The van der Waals surface area contributed by atoms with Crippen molar-refractivity contribution in [2.45, 2.75) is 29.9 Å². The van der Waals surface area contributed by atoms with Gasteiger partial charge in [-0.15, -0.1) is 0 Å². The number of hydrogen-bond donors (Lipinski definition) is 2. The maximum atomic E-state index is 12.0. The first-order chi connectivity index (χ1) is 9.35. The predicted molar refractivity (Wildman–Crippen MR) is 80.6 cm³/mol. The highest BCUT2D eigenvalue weighted by Crippen LogP contribution is 2.13. The van der Waals surface area contributed by atoms with Gasteiger partial charge in [-0.05, 0) is 30.4 Å². The van der Waals surface area contributed by atoms with E-state index in [4.69, 9.17) is 5.11 Å². The van der Waals surface area contributed by atoms with Gasteiger partial charge < -0.3 is 5.11 Å². The molecule has 1 rings (SSSR count). The van der Waals surface area contributed by atoms with Crippen molar-refractivity contribution < 1.29 is 18.3 Å². The highest BCUT2D eigenvalue weighted by Gasteiger charge is 2.14. The number of carboxylic acids is 1. The molecule has 0 aromatic heterocycles. The van der Waals surface area contributed by atoms with E-state index in [0.717, 1.165) is 5.56 Å². The first-order valence-corrected chi connectivity index (χ1v) is 8.95. The number of carbonyl (C=O) groups is 1. The largest absolute Gasteiger partial charge is 0.481 e. The Morgan fingerprint density at radius 2 is 1.95 bits per heavy atom. The molecule has 5 nitrogen and oxygen atoms in total. The third-order valence-electron chi connectivity index (χ3n) is 2.82. The molecule has 1 unspecified atom stereocenters. The van der Waals surface area contributed by atoms with Crippen LogP contribution in [0.25, 0.3) is 0 Å². The second-order valence-electron chi connectivity index (χ2n) is 4.44. The highest BCUT2D eigenvalue weighted by molar-refractivity contribution is 7.99. The van der Waals surface area contributed by atoms with E-state index in [1.807, 2.05) is 13.2 Å². The second kappa shape index (κ2) is 7.66. The fourth-order valence-electron chi connectivity index (χ4n) is 1.48. The molecular formula is C13H19NO4S2. The number of nitrogens with one attached hydrogen (secondary N) is 1. The monoisotopic (exact) mass is 317 g/mol. The molecule has 1 atom stereocenters. The fourth-order valence-corrected chi connectivity index (χ4v) is 2.97. The Bertz CT molecular complexity index is 540. The summed E-state index contributed by atoms with van der Waals surface area (Å²) in [5.74, 6) is -0.866. The van der Waals surface area contributed by atoms with Gasteiger partial charge in [0.2, 0.25) is 10.0 Å². The quantitative estimate of drug-likeness (QED) is 0.763. The lowest BCUT2D eigenvalue weighted by Gasteiger charge is -2.11. The topological polar surface area (TPSA) is 83.5 Å². The molecule has 0 heterocycles. The van der Waals surface area contributed by atoms with Crippen LogP contribution >= 0.6 is 11.8 Å². The van der Waals surface area contributed by atoms with Crippen LogP contribution in [0.5, 0.6) is 0 Å². The normalized spacial score (nSPS) is 13.1. The molecule has 0 aliphatic rings. The van der Waals surface area contributed by atoms with Crippen molar-refractivity contribution in [3.63, 3.8) is 0 Å². The minimum atomic E-state index is -3.49. The molecule has 0 amide bonds. The molecule has 20 heavy (non-hydrogen) atoms. The van der Waals surface area contributed by atoms with Crippen molar-refractivity contribution >= 4 is 27.8 Å². The Labute approximate surface area is 123 Å². The zero-order valence-corrected chi connectivity index (χ0v) is 13.1. The predicted octanol–water partition coefficient (Wildman–Crippen LogP) is 1.73. The van der Waals surface area contributed by atoms with E-state index in [0.29, 0.717) is 13.0 Å². The van der Waals surface area contributed by atoms with E-state index in [-0.39, 0.29) is 16.6 Å². The number of hydrogen-bond acceptors (Lipinski definition) is 4. The summed E-state index contributed by atoms with van der Waals surface area (Å²) in [7, 11) is -3.49. The lowest BCUT2D eigenvalue weighted by atomic mass is 10.1. The van der Waals surface area contributed by atoms with Crippen molar-refractivity contribution in [2.75, 3.05) is 12.8 Å². The summed E-state index contributed by atoms with van der Waals surface area (Å²) in [5, 5.41) is 8.80. The van der Waals surface area contributed by atoms with Gasteiger partial charge in [0.15, 0.2) is 0 Å². The third kappa shape index (κ3) is 5.52. The molecule has 0 aliphatic carbocycles. The molecule has 0 bridgehead atoms. The van der Waals surface area contributed by atoms with Gasteiger partial charge >= 0.3 is 5.97 Å². The average Bonchev–Trinajstić information content (AvgIpc) is 2.43. The molecule has 7 heteroatoms. The van der Waals surface area contributed by atoms with Gasteiger partial charge in [0, 0.05) is 18.2 Å². The van der Waals surface area contributed by atoms with Gasteiger partial charge in [0.1, 0.15) is 0 Å². The molecule has 112 valence electrons. The zero-order valence-electron chi connectivity index (χ0n) is 11.5. The van der Waals surface area contributed by atoms with Crippen LogP contribution in [0.4, 0.5) is 0 Å². The van der Waals surface area contributed by atoms with Crippen molar-refractivity contribution in [1.82, 2.24) is 4.72 Å². The van der Waals surface area contributed by atoms with Crippen LogP contribution in [0.15, 0.2) is 29.2 Å². The highest BCUT2D eigenvalue weighted by atomic mass is 32.2. The Kier molecular flexibility index (Phi) is 6.51. The van der Waals surface area contributed by atoms with E-state index in [1.54, 1.807) is 23.9 Å². The number of thioether (sulfide) groups is 1. The summed E-state index contributed by atoms with van der Waals surface area (Å²) in [6.07, 6.45) is 2.36. The maximum Gasteiger partial charge on any atom is 0.303 e. The molecule has 0 spiro atoms. The minimum absolute atomic E-state index is 0.0373. The van der Waals surface area contributed by atoms with E-state index >= 15 is 0 Å². The van der Waals surface area contributed by atoms with E-state index in [9.17, 15) is 13.2 Å².